The number of ether oxygens (including phenoxy) is 1. The Morgan fingerprint density at radius 1 is 1.24 bits per heavy atom. The van der Waals surface area contributed by atoms with Crippen LogP contribution in [-0.2, 0) is 0 Å². The average Bonchev–Trinajstić information content (AvgIpc) is 2.70. The second-order valence-corrected chi connectivity index (χ2v) is 7.70. The van der Waals surface area contributed by atoms with E-state index in [1.165, 1.54) is 44.5 Å². The zero-order chi connectivity index (χ0) is 20.4. The van der Waals surface area contributed by atoms with Crippen molar-refractivity contribution in [2.45, 2.75) is 45.2 Å². The van der Waals surface area contributed by atoms with Crippen molar-refractivity contribution in [1.82, 2.24) is 20.4 Å². The van der Waals surface area contributed by atoms with Gasteiger partial charge in [-0.2, -0.15) is 0 Å². The fourth-order valence-electron chi connectivity index (χ4n) is 3.79. The highest BCUT2D eigenvalue weighted by Gasteiger charge is 2.21. The Kier molecular flexibility index (Phi) is 12.6. The van der Waals surface area contributed by atoms with Crippen molar-refractivity contribution in [2.75, 3.05) is 53.9 Å². The number of methoxy groups -OCH3 is 1. The van der Waals surface area contributed by atoms with Gasteiger partial charge in [0.25, 0.3) is 0 Å². The smallest absolute Gasteiger partial charge is 0.191 e. The van der Waals surface area contributed by atoms with Crippen molar-refractivity contribution in [2.24, 2.45) is 4.99 Å². The number of nitrogens with one attached hydrogen (secondary N) is 2. The minimum atomic E-state index is 0. The van der Waals surface area contributed by atoms with E-state index in [2.05, 4.69) is 60.5 Å². The van der Waals surface area contributed by atoms with Crippen LogP contribution < -0.4 is 15.4 Å². The first kappa shape index (κ1) is 26.0. The molecule has 29 heavy (non-hydrogen) atoms. The molecular weight excluding hydrogens is 477 g/mol. The van der Waals surface area contributed by atoms with E-state index in [4.69, 9.17) is 9.73 Å². The predicted molar refractivity (Wildman–Crippen MR) is 134 cm³/mol. The molecule has 2 rings (SSSR count). The number of guanidine groups is 1. The maximum atomic E-state index is 5.57. The topological polar surface area (TPSA) is 52.1 Å². The lowest BCUT2D eigenvalue weighted by atomic mass is 10.0. The monoisotopic (exact) mass is 517 g/mol. The van der Waals surface area contributed by atoms with Crippen molar-refractivity contribution < 1.29 is 4.74 Å². The Balaban J connectivity index is 0.00000420. The van der Waals surface area contributed by atoms with Crippen LogP contribution in [0.4, 0.5) is 0 Å². The number of aliphatic imine (C=N–C) groups is 1. The Morgan fingerprint density at radius 2 is 1.93 bits per heavy atom. The Bertz CT molecular complexity index is 603. The molecule has 1 aromatic rings. The Labute approximate surface area is 194 Å². The number of para-hydroxylation sites is 1. The average molecular weight is 518 g/mol. The molecule has 7 heteroatoms. The molecule has 0 spiro atoms. The summed E-state index contributed by atoms with van der Waals surface area (Å²) in [6.07, 6.45) is 3.58. The van der Waals surface area contributed by atoms with Crippen molar-refractivity contribution in [3.8, 4) is 5.75 Å². The van der Waals surface area contributed by atoms with E-state index in [0.29, 0.717) is 12.6 Å². The first-order chi connectivity index (χ1) is 13.6. The molecule has 1 fully saturated rings. The number of rotatable bonds is 9. The lowest BCUT2D eigenvalue weighted by molar-refractivity contribution is 0.206. The molecule has 0 aromatic heterocycles. The molecule has 1 aliphatic heterocycles. The minimum Gasteiger partial charge on any atom is -0.496 e. The molecule has 6 nitrogen and oxygen atoms in total. The zero-order valence-electron chi connectivity index (χ0n) is 18.8. The van der Waals surface area contributed by atoms with Crippen LogP contribution in [0.25, 0.3) is 0 Å². The number of piperidine rings is 1. The lowest BCUT2D eigenvalue weighted by Gasteiger charge is -2.33. The van der Waals surface area contributed by atoms with E-state index >= 15 is 0 Å². The summed E-state index contributed by atoms with van der Waals surface area (Å²) in [6, 6.07) is 8.87. The summed E-state index contributed by atoms with van der Waals surface area (Å²) in [6.45, 7) is 9.47. The van der Waals surface area contributed by atoms with E-state index in [1.54, 1.807) is 7.11 Å². The van der Waals surface area contributed by atoms with E-state index in [0.717, 1.165) is 18.3 Å². The van der Waals surface area contributed by atoms with Gasteiger partial charge in [0.2, 0.25) is 0 Å². The predicted octanol–water partition coefficient (Wildman–Crippen LogP) is 3.35. The summed E-state index contributed by atoms with van der Waals surface area (Å²) >= 11 is 0. The van der Waals surface area contributed by atoms with Crippen LogP contribution in [0.2, 0.25) is 0 Å². The maximum Gasteiger partial charge on any atom is 0.191 e. The third-order valence-electron chi connectivity index (χ3n) is 5.36. The number of hydrogen-bond donors (Lipinski definition) is 2. The first-order valence-corrected chi connectivity index (χ1v) is 10.7. The number of halogens is 1. The van der Waals surface area contributed by atoms with Crippen LogP contribution in [0.1, 0.15) is 44.7 Å². The van der Waals surface area contributed by atoms with Crippen LogP contribution >= 0.6 is 24.0 Å². The minimum absolute atomic E-state index is 0. The second kappa shape index (κ2) is 14.0. The Morgan fingerprint density at radius 3 is 2.52 bits per heavy atom. The fraction of sp³-hybridized carbons (Fsp3) is 0.682. The first-order valence-electron chi connectivity index (χ1n) is 10.7. The molecule has 166 valence electrons. The largest absolute Gasteiger partial charge is 0.496 e. The van der Waals surface area contributed by atoms with Gasteiger partial charge in [0, 0.05) is 31.2 Å². The van der Waals surface area contributed by atoms with E-state index in [-0.39, 0.29) is 30.0 Å². The molecule has 0 amide bonds. The standard InChI is InChI=1S/C22H39N5O.HI/c1-6-14-27-15-12-18(13-16-27)25-22(23-7-2)24-17-20(26(3)4)19-10-8-9-11-21(19)28-5;/h8-11,18,20H,6-7,12-17H2,1-5H3,(H2,23,24,25);1H. The van der Waals surface area contributed by atoms with Gasteiger partial charge in [0.15, 0.2) is 5.96 Å². The molecule has 1 aliphatic rings. The molecule has 1 unspecified atom stereocenters. The van der Waals surface area contributed by atoms with Crippen LogP contribution in [0.15, 0.2) is 29.3 Å². The molecule has 1 aromatic carbocycles. The van der Waals surface area contributed by atoms with Gasteiger partial charge < -0.3 is 25.2 Å². The third-order valence-corrected chi connectivity index (χ3v) is 5.36. The quantitative estimate of drug-likeness (QED) is 0.299. The van der Waals surface area contributed by atoms with E-state index in [1.807, 2.05) is 12.1 Å². The second-order valence-electron chi connectivity index (χ2n) is 7.70. The highest BCUT2D eigenvalue weighted by molar-refractivity contribution is 14.0. The molecule has 0 radical (unpaired) electrons. The number of benzene rings is 1. The van der Waals surface area contributed by atoms with Gasteiger partial charge in [-0.3, -0.25) is 4.99 Å². The maximum absolute atomic E-state index is 5.57. The van der Waals surface area contributed by atoms with Crippen LogP contribution in [0, 0.1) is 0 Å². The van der Waals surface area contributed by atoms with Crippen molar-refractivity contribution >= 4 is 29.9 Å². The normalized spacial score (nSPS) is 17.0. The summed E-state index contributed by atoms with van der Waals surface area (Å²) < 4.78 is 5.57. The lowest BCUT2D eigenvalue weighted by Crippen LogP contribution is -2.49. The summed E-state index contributed by atoms with van der Waals surface area (Å²) in [4.78, 5) is 9.68. The van der Waals surface area contributed by atoms with E-state index in [9.17, 15) is 0 Å². The van der Waals surface area contributed by atoms with Gasteiger partial charge in [-0.25, -0.2) is 0 Å². The molecule has 1 atom stereocenters. The number of nitrogens with zero attached hydrogens (tertiary/aromatic N) is 3. The van der Waals surface area contributed by atoms with Gasteiger partial charge in [0.1, 0.15) is 5.75 Å². The molecule has 1 heterocycles. The molecular formula is C22H40IN5O. The fourth-order valence-corrected chi connectivity index (χ4v) is 3.79. The van der Waals surface area contributed by atoms with Crippen LogP contribution in [0.5, 0.6) is 5.75 Å². The highest BCUT2D eigenvalue weighted by Crippen LogP contribution is 2.28. The molecule has 0 aliphatic carbocycles. The van der Waals surface area contributed by atoms with Gasteiger partial charge in [-0.05, 0) is 52.9 Å². The molecule has 0 saturated carbocycles. The number of likely N-dealkylation sites (tertiary alicyclic amines) is 1. The zero-order valence-corrected chi connectivity index (χ0v) is 21.1. The van der Waals surface area contributed by atoms with Crippen molar-refractivity contribution in [1.29, 1.82) is 0 Å². The van der Waals surface area contributed by atoms with Crippen molar-refractivity contribution in [3.05, 3.63) is 29.8 Å². The van der Waals surface area contributed by atoms with Crippen LogP contribution in [0.3, 0.4) is 0 Å². The summed E-state index contributed by atoms with van der Waals surface area (Å²) in [5.74, 6) is 1.83. The van der Waals surface area contributed by atoms with E-state index < -0.39 is 0 Å². The van der Waals surface area contributed by atoms with Crippen molar-refractivity contribution in [3.63, 3.8) is 0 Å². The summed E-state index contributed by atoms with van der Waals surface area (Å²) in [5.41, 5.74) is 1.17. The number of hydrogen-bond acceptors (Lipinski definition) is 4. The molecule has 0 bridgehead atoms. The Hall–Kier alpha value is -1.06. The highest BCUT2D eigenvalue weighted by atomic mass is 127. The van der Waals surface area contributed by atoms with Gasteiger partial charge in [0.05, 0.1) is 19.7 Å². The number of likely N-dealkylation sites (N-methyl/N-ethyl adjacent to an activating group) is 1. The third kappa shape index (κ3) is 8.30. The SMILES string of the molecule is CCCN1CCC(NC(=NCC(c2ccccc2OC)N(C)C)NCC)CC1.I. The van der Waals surface area contributed by atoms with Gasteiger partial charge in [-0.1, -0.05) is 25.1 Å². The molecule has 1 saturated heterocycles. The van der Waals surface area contributed by atoms with Crippen LogP contribution in [-0.4, -0.2) is 75.7 Å². The molecule has 2 N–H and O–H groups in total. The van der Waals surface area contributed by atoms with Gasteiger partial charge in [-0.15, -0.1) is 24.0 Å². The summed E-state index contributed by atoms with van der Waals surface area (Å²) in [7, 11) is 5.91. The van der Waals surface area contributed by atoms with Gasteiger partial charge >= 0.3 is 0 Å². The summed E-state index contributed by atoms with van der Waals surface area (Å²) in [5, 5.41) is 7.07.